The number of methoxy groups -OCH3 is 1. The number of carbonyl (C=O) groups excluding carboxylic acids is 2. The molecule has 188 valence electrons. The average molecular weight is 489 g/mol. The van der Waals surface area contributed by atoms with Gasteiger partial charge in [0.25, 0.3) is 5.91 Å². The molecule has 2 atom stereocenters. The molecular formula is C29H32N2O5. The molecule has 0 spiro atoms. The van der Waals surface area contributed by atoms with Crippen molar-refractivity contribution >= 4 is 11.8 Å². The minimum Gasteiger partial charge on any atom is -0.497 e. The quantitative estimate of drug-likeness (QED) is 0.439. The van der Waals surface area contributed by atoms with E-state index >= 15 is 0 Å². The molecule has 4 rings (SSSR count). The third-order valence-corrected chi connectivity index (χ3v) is 6.14. The van der Waals surface area contributed by atoms with E-state index in [1.54, 1.807) is 24.1 Å². The van der Waals surface area contributed by atoms with Gasteiger partial charge >= 0.3 is 0 Å². The molecule has 2 unspecified atom stereocenters. The fraction of sp³-hybridized carbons (Fsp3) is 0.310. The van der Waals surface area contributed by atoms with Gasteiger partial charge in [0.2, 0.25) is 5.91 Å². The molecule has 3 aromatic rings. The summed E-state index contributed by atoms with van der Waals surface area (Å²) >= 11 is 0. The van der Waals surface area contributed by atoms with Crippen molar-refractivity contribution in [3.05, 3.63) is 96.1 Å². The molecule has 1 aliphatic rings. The monoisotopic (exact) mass is 488 g/mol. The lowest BCUT2D eigenvalue weighted by Gasteiger charge is -2.32. The molecule has 0 saturated carbocycles. The van der Waals surface area contributed by atoms with E-state index in [2.05, 4.69) is 5.32 Å². The van der Waals surface area contributed by atoms with Crippen LogP contribution < -0.4 is 14.8 Å². The Hall–Kier alpha value is -3.84. The zero-order valence-electron chi connectivity index (χ0n) is 20.5. The second-order valence-electron chi connectivity index (χ2n) is 8.66. The summed E-state index contributed by atoms with van der Waals surface area (Å²) in [6.07, 6.45) is 1.90. The molecule has 1 aliphatic heterocycles. The Morgan fingerprint density at radius 2 is 1.67 bits per heavy atom. The molecule has 0 radical (unpaired) electrons. The zero-order valence-corrected chi connectivity index (χ0v) is 20.5. The van der Waals surface area contributed by atoms with Crippen LogP contribution in [0.4, 0.5) is 0 Å². The van der Waals surface area contributed by atoms with E-state index in [0.717, 1.165) is 29.7 Å². The van der Waals surface area contributed by atoms with Crippen LogP contribution in [0.15, 0.2) is 84.9 Å². The number of nitrogens with one attached hydrogen (secondary N) is 1. The number of carbonyl (C=O) groups is 2. The van der Waals surface area contributed by atoms with Crippen molar-refractivity contribution in [1.29, 1.82) is 0 Å². The lowest BCUT2D eigenvalue weighted by atomic mass is 10.0. The topological polar surface area (TPSA) is 77.1 Å². The number of hydrogen-bond donors (Lipinski definition) is 1. The number of hydrogen-bond acceptors (Lipinski definition) is 5. The second kappa shape index (κ2) is 12.7. The van der Waals surface area contributed by atoms with Gasteiger partial charge in [-0.25, -0.2) is 0 Å². The number of nitrogens with zero attached hydrogens (tertiary/aromatic N) is 1. The number of rotatable bonds is 11. The lowest BCUT2D eigenvalue weighted by molar-refractivity contribution is -0.143. The Bertz CT molecular complexity index is 1100. The molecule has 1 saturated heterocycles. The summed E-state index contributed by atoms with van der Waals surface area (Å²) in [4.78, 5) is 28.8. The number of para-hydroxylation sites is 1. The number of amides is 2. The highest BCUT2D eigenvalue weighted by atomic mass is 16.5. The van der Waals surface area contributed by atoms with Crippen molar-refractivity contribution in [2.24, 2.45) is 0 Å². The molecule has 7 heteroatoms. The van der Waals surface area contributed by atoms with Gasteiger partial charge in [0, 0.05) is 19.7 Å². The fourth-order valence-corrected chi connectivity index (χ4v) is 4.22. The van der Waals surface area contributed by atoms with Crippen molar-refractivity contribution in [3.63, 3.8) is 0 Å². The molecular weight excluding hydrogens is 456 g/mol. The van der Waals surface area contributed by atoms with Crippen LogP contribution in [-0.2, 0) is 20.9 Å². The van der Waals surface area contributed by atoms with Crippen LogP contribution in [0, 0.1) is 0 Å². The van der Waals surface area contributed by atoms with Crippen molar-refractivity contribution in [2.75, 3.05) is 26.9 Å². The lowest BCUT2D eigenvalue weighted by Crippen LogP contribution is -2.46. The largest absolute Gasteiger partial charge is 0.497 e. The molecule has 1 heterocycles. The first-order valence-electron chi connectivity index (χ1n) is 12.2. The van der Waals surface area contributed by atoms with E-state index in [0.29, 0.717) is 18.9 Å². The van der Waals surface area contributed by atoms with Crippen LogP contribution in [0.1, 0.15) is 30.0 Å². The van der Waals surface area contributed by atoms with E-state index in [-0.39, 0.29) is 31.1 Å². The minimum absolute atomic E-state index is 0.00229. The van der Waals surface area contributed by atoms with Gasteiger partial charge in [-0.2, -0.15) is 0 Å². The molecule has 36 heavy (non-hydrogen) atoms. The van der Waals surface area contributed by atoms with Crippen LogP contribution in [0.2, 0.25) is 0 Å². The minimum atomic E-state index is -0.832. The molecule has 7 nitrogen and oxygen atoms in total. The highest BCUT2D eigenvalue weighted by molar-refractivity contribution is 5.89. The van der Waals surface area contributed by atoms with Crippen LogP contribution in [-0.4, -0.2) is 49.7 Å². The first-order valence-corrected chi connectivity index (χ1v) is 12.2. The first kappa shape index (κ1) is 25.3. The standard InChI is InChI=1S/C29H32N2O5/c1-34-24-16-14-22(15-17-24)20-31(27(32)21-36-25-11-6-3-7-12-25)28(23-9-4-2-5-10-23)29(33)30-19-26-13-8-18-35-26/h2-7,9-12,14-17,26,28H,8,13,18-21H2,1H3,(H,30,33). The highest BCUT2D eigenvalue weighted by Gasteiger charge is 2.32. The van der Waals surface area contributed by atoms with E-state index in [9.17, 15) is 9.59 Å². The third kappa shape index (κ3) is 6.86. The Kier molecular flexibility index (Phi) is 8.94. The summed E-state index contributed by atoms with van der Waals surface area (Å²) in [5.41, 5.74) is 1.60. The average Bonchev–Trinajstić information content (AvgIpc) is 3.45. The maximum Gasteiger partial charge on any atom is 0.261 e. The van der Waals surface area contributed by atoms with Crippen LogP contribution in [0.3, 0.4) is 0 Å². The van der Waals surface area contributed by atoms with Crippen molar-refractivity contribution < 1.29 is 23.8 Å². The SMILES string of the molecule is COc1ccc(CN(C(=O)COc2ccccc2)C(C(=O)NCC2CCCO2)c2ccccc2)cc1. The molecule has 3 aromatic carbocycles. The summed E-state index contributed by atoms with van der Waals surface area (Å²) < 4.78 is 16.7. The zero-order chi connectivity index (χ0) is 25.2. The van der Waals surface area contributed by atoms with Crippen LogP contribution >= 0.6 is 0 Å². The Morgan fingerprint density at radius 1 is 0.972 bits per heavy atom. The van der Waals surface area contributed by atoms with Crippen molar-refractivity contribution in [3.8, 4) is 11.5 Å². The van der Waals surface area contributed by atoms with E-state index in [4.69, 9.17) is 14.2 Å². The molecule has 1 N–H and O–H groups in total. The van der Waals surface area contributed by atoms with Gasteiger partial charge in [0.1, 0.15) is 17.5 Å². The van der Waals surface area contributed by atoms with Gasteiger partial charge in [-0.3, -0.25) is 9.59 Å². The smallest absolute Gasteiger partial charge is 0.261 e. The second-order valence-corrected chi connectivity index (χ2v) is 8.66. The van der Waals surface area contributed by atoms with Gasteiger partial charge < -0.3 is 24.4 Å². The normalized spacial score (nSPS) is 15.6. The summed E-state index contributed by atoms with van der Waals surface area (Å²) in [5, 5.41) is 3.02. The van der Waals surface area contributed by atoms with E-state index in [1.807, 2.05) is 72.8 Å². The van der Waals surface area contributed by atoms with E-state index < -0.39 is 6.04 Å². The van der Waals surface area contributed by atoms with Crippen LogP contribution in [0.25, 0.3) is 0 Å². The molecule has 0 aliphatic carbocycles. The van der Waals surface area contributed by atoms with Gasteiger partial charge in [-0.15, -0.1) is 0 Å². The summed E-state index contributed by atoms with van der Waals surface area (Å²) in [6.45, 7) is 1.16. The molecule has 0 bridgehead atoms. The number of ether oxygens (including phenoxy) is 3. The van der Waals surface area contributed by atoms with Crippen molar-refractivity contribution in [1.82, 2.24) is 10.2 Å². The fourth-order valence-electron chi connectivity index (χ4n) is 4.22. The van der Waals surface area contributed by atoms with Gasteiger partial charge in [-0.1, -0.05) is 60.7 Å². The number of benzene rings is 3. The predicted molar refractivity (Wildman–Crippen MR) is 137 cm³/mol. The van der Waals surface area contributed by atoms with Crippen molar-refractivity contribution in [2.45, 2.75) is 31.5 Å². The molecule has 1 fully saturated rings. The summed E-state index contributed by atoms with van der Waals surface area (Å²) in [7, 11) is 1.61. The predicted octanol–water partition coefficient (Wildman–Crippen LogP) is 4.14. The van der Waals surface area contributed by atoms with Gasteiger partial charge in [-0.05, 0) is 48.2 Å². The Balaban J connectivity index is 1.60. The summed E-state index contributed by atoms with van der Waals surface area (Å²) in [5.74, 6) is 0.765. The van der Waals surface area contributed by atoms with Crippen LogP contribution in [0.5, 0.6) is 11.5 Å². The molecule has 2 amide bonds. The maximum absolute atomic E-state index is 13.6. The van der Waals surface area contributed by atoms with Gasteiger partial charge in [0.05, 0.1) is 13.2 Å². The third-order valence-electron chi connectivity index (χ3n) is 6.14. The van der Waals surface area contributed by atoms with Gasteiger partial charge in [0.15, 0.2) is 6.61 Å². The highest BCUT2D eigenvalue weighted by Crippen LogP contribution is 2.25. The Labute approximate surface area is 212 Å². The maximum atomic E-state index is 13.6. The molecule has 0 aromatic heterocycles. The van der Waals surface area contributed by atoms with E-state index in [1.165, 1.54) is 0 Å². The summed E-state index contributed by atoms with van der Waals surface area (Å²) in [6, 6.07) is 25.2. The Morgan fingerprint density at radius 3 is 2.31 bits per heavy atom. The first-order chi connectivity index (χ1) is 17.6.